The summed E-state index contributed by atoms with van der Waals surface area (Å²) >= 11 is 0. The molecule has 0 radical (unpaired) electrons. The Morgan fingerprint density at radius 2 is 1.93 bits per heavy atom. The minimum Gasteiger partial charge on any atom is -0.331 e. The fourth-order valence-electron chi connectivity index (χ4n) is 4.34. The molecule has 0 spiro atoms. The van der Waals surface area contributed by atoms with Gasteiger partial charge in [-0.2, -0.15) is 0 Å². The molecular formula is C22H28N4O. The fourth-order valence-corrected chi connectivity index (χ4v) is 4.34. The highest BCUT2D eigenvalue weighted by Gasteiger charge is 2.31. The van der Waals surface area contributed by atoms with E-state index in [9.17, 15) is 4.79 Å². The molecule has 1 aliphatic heterocycles. The lowest BCUT2D eigenvalue weighted by Gasteiger charge is -2.21. The summed E-state index contributed by atoms with van der Waals surface area (Å²) in [6, 6.07) is 10.4. The third kappa shape index (κ3) is 3.97. The lowest BCUT2D eigenvalue weighted by Crippen LogP contribution is -2.35. The van der Waals surface area contributed by atoms with Crippen LogP contribution in [0.2, 0.25) is 0 Å². The second-order valence-electron chi connectivity index (χ2n) is 7.83. The molecule has 1 atom stereocenters. The van der Waals surface area contributed by atoms with Gasteiger partial charge in [-0.25, -0.2) is 4.68 Å². The molecule has 0 N–H and O–H groups in total. The maximum atomic E-state index is 13.1. The second-order valence-corrected chi connectivity index (χ2v) is 7.83. The molecule has 1 saturated carbocycles. The minimum atomic E-state index is 0.0189. The van der Waals surface area contributed by atoms with Crippen molar-refractivity contribution in [2.75, 3.05) is 6.54 Å². The van der Waals surface area contributed by atoms with Gasteiger partial charge in [-0.15, -0.1) is 5.10 Å². The highest BCUT2D eigenvalue weighted by Crippen LogP contribution is 2.27. The van der Waals surface area contributed by atoms with Gasteiger partial charge in [0.05, 0.1) is 11.7 Å². The van der Waals surface area contributed by atoms with Gasteiger partial charge in [0.15, 0.2) is 5.69 Å². The molecule has 2 heterocycles. The van der Waals surface area contributed by atoms with Gasteiger partial charge in [0.25, 0.3) is 5.91 Å². The van der Waals surface area contributed by atoms with Crippen LogP contribution in [0.3, 0.4) is 0 Å². The standard InChI is InChI=1S/C22H28N4O/c1-17-21(23-24-26(17)16-19-10-5-6-11-19)22(27)25-15-7-12-20(25)14-13-18-8-3-2-4-9-18/h2-4,8-9,13-14,19-20H,5-7,10-12,15-16H2,1H3. The van der Waals surface area contributed by atoms with Crippen molar-refractivity contribution in [2.45, 2.75) is 58.0 Å². The number of benzene rings is 1. The molecule has 1 amide bonds. The number of amides is 1. The van der Waals surface area contributed by atoms with Crippen molar-refractivity contribution in [2.24, 2.45) is 5.92 Å². The molecule has 5 nitrogen and oxygen atoms in total. The largest absolute Gasteiger partial charge is 0.331 e. The molecule has 2 aromatic rings. The van der Waals surface area contributed by atoms with Crippen LogP contribution in [0.5, 0.6) is 0 Å². The zero-order chi connectivity index (χ0) is 18.6. The van der Waals surface area contributed by atoms with Crippen molar-refractivity contribution < 1.29 is 4.79 Å². The highest BCUT2D eigenvalue weighted by molar-refractivity contribution is 5.93. The number of nitrogens with zero attached hydrogens (tertiary/aromatic N) is 4. The molecule has 5 heteroatoms. The van der Waals surface area contributed by atoms with E-state index in [0.29, 0.717) is 11.6 Å². The highest BCUT2D eigenvalue weighted by atomic mass is 16.2. The second kappa shape index (κ2) is 8.07. The summed E-state index contributed by atoms with van der Waals surface area (Å²) < 4.78 is 1.94. The maximum Gasteiger partial charge on any atom is 0.276 e. The summed E-state index contributed by atoms with van der Waals surface area (Å²) in [7, 11) is 0. The number of likely N-dealkylation sites (tertiary alicyclic amines) is 1. The van der Waals surface area contributed by atoms with E-state index >= 15 is 0 Å². The Morgan fingerprint density at radius 1 is 1.15 bits per heavy atom. The van der Waals surface area contributed by atoms with Crippen LogP contribution in [0, 0.1) is 12.8 Å². The number of hydrogen-bond donors (Lipinski definition) is 0. The van der Waals surface area contributed by atoms with Crippen molar-refractivity contribution >= 4 is 12.0 Å². The zero-order valence-electron chi connectivity index (χ0n) is 16.1. The van der Waals surface area contributed by atoms with Crippen molar-refractivity contribution in [1.82, 2.24) is 19.9 Å². The molecule has 4 rings (SSSR count). The molecule has 1 aliphatic carbocycles. The summed E-state index contributed by atoms with van der Waals surface area (Å²) in [6.45, 7) is 3.66. The molecule has 2 fully saturated rings. The van der Waals surface area contributed by atoms with Gasteiger partial charge in [0.1, 0.15) is 0 Å². The number of carbonyl (C=O) groups excluding carboxylic acids is 1. The smallest absolute Gasteiger partial charge is 0.276 e. The summed E-state index contributed by atoms with van der Waals surface area (Å²) in [5.74, 6) is 0.701. The normalized spacial score (nSPS) is 20.8. The number of aromatic nitrogens is 3. The molecule has 1 saturated heterocycles. The monoisotopic (exact) mass is 364 g/mol. The Kier molecular flexibility index (Phi) is 5.37. The molecule has 1 aromatic heterocycles. The van der Waals surface area contributed by atoms with Crippen molar-refractivity contribution in [3.8, 4) is 0 Å². The van der Waals surface area contributed by atoms with Gasteiger partial charge < -0.3 is 4.90 Å². The van der Waals surface area contributed by atoms with Crippen molar-refractivity contribution in [3.63, 3.8) is 0 Å². The van der Waals surface area contributed by atoms with Crippen LogP contribution < -0.4 is 0 Å². The Labute approximate surface area is 161 Å². The number of carbonyl (C=O) groups is 1. The molecule has 142 valence electrons. The van der Waals surface area contributed by atoms with E-state index in [1.807, 2.05) is 34.7 Å². The van der Waals surface area contributed by atoms with Crippen LogP contribution in [0.25, 0.3) is 6.08 Å². The van der Waals surface area contributed by atoms with Crippen LogP contribution in [-0.2, 0) is 6.54 Å². The summed E-state index contributed by atoms with van der Waals surface area (Å²) in [4.78, 5) is 15.1. The lowest BCUT2D eigenvalue weighted by molar-refractivity contribution is 0.0755. The van der Waals surface area contributed by atoms with E-state index in [1.54, 1.807) is 0 Å². The number of rotatable bonds is 5. The fraction of sp³-hybridized carbons (Fsp3) is 0.500. The first-order valence-corrected chi connectivity index (χ1v) is 10.2. The van der Waals surface area contributed by atoms with E-state index in [2.05, 4.69) is 34.6 Å². The maximum absolute atomic E-state index is 13.1. The molecule has 1 aromatic carbocycles. The van der Waals surface area contributed by atoms with Crippen LogP contribution in [0.1, 0.15) is 60.3 Å². The van der Waals surface area contributed by atoms with Gasteiger partial charge in [0, 0.05) is 13.1 Å². The topological polar surface area (TPSA) is 51.0 Å². The Balaban J connectivity index is 1.46. The number of hydrogen-bond acceptors (Lipinski definition) is 3. The molecule has 27 heavy (non-hydrogen) atoms. The van der Waals surface area contributed by atoms with E-state index in [-0.39, 0.29) is 11.9 Å². The average Bonchev–Trinajstić information content (AvgIpc) is 3.43. The van der Waals surface area contributed by atoms with Crippen molar-refractivity contribution in [3.05, 3.63) is 53.4 Å². The Bertz CT molecular complexity index is 805. The van der Waals surface area contributed by atoms with Gasteiger partial charge in [-0.05, 0) is 44.1 Å². The molecule has 0 bridgehead atoms. The van der Waals surface area contributed by atoms with E-state index < -0.39 is 0 Å². The third-order valence-corrected chi connectivity index (χ3v) is 5.96. The van der Waals surface area contributed by atoms with Crippen LogP contribution in [0.4, 0.5) is 0 Å². The summed E-state index contributed by atoms with van der Waals surface area (Å²) in [5.41, 5.74) is 2.59. The SMILES string of the molecule is Cc1c(C(=O)N2CCCC2C=Cc2ccccc2)nnn1CC1CCCC1. The first-order chi connectivity index (χ1) is 13.2. The van der Waals surface area contributed by atoms with Crippen LogP contribution >= 0.6 is 0 Å². The first kappa shape index (κ1) is 18.0. The molecule has 1 unspecified atom stereocenters. The average molecular weight is 364 g/mol. The molecular weight excluding hydrogens is 336 g/mol. The zero-order valence-corrected chi connectivity index (χ0v) is 16.1. The van der Waals surface area contributed by atoms with Gasteiger partial charge >= 0.3 is 0 Å². The Morgan fingerprint density at radius 3 is 2.70 bits per heavy atom. The predicted molar refractivity (Wildman–Crippen MR) is 106 cm³/mol. The third-order valence-electron chi connectivity index (χ3n) is 5.96. The first-order valence-electron chi connectivity index (χ1n) is 10.2. The van der Waals surface area contributed by atoms with Gasteiger partial charge in [-0.3, -0.25) is 4.79 Å². The summed E-state index contributed by atoms with van der Waals surface area (Å²) in [6.07, 6.45) is 11.5. The van der Waals surface area contributed by atoms with E-state index in [1.165, 1.54) is 25.7 Å². The van der Waals surface area contributed by atoms with Crippen LogP contribution in [0.15, 0.2) is 36.4 Å². The quantitative estimate of drug-likeness (QED) is 0.803. The van der Waals surface area contributed by atoms with E-state index in [0.717, 1.165) is 37.2 Å². The van der Waals surface area contributed by atoms with Crippen LogP contribution in [-0.4, -0.2) is 38.4 Å². The van der Waals surface area contributed by atoms with Gasteiger partial charge in [-0.1, -0.05) is 60.5 Å². The minimum absolute atomic E-state index is 0.0189. The predicted octanol–water partition coefficient (Wildman–Crippen LogP) is 4.09. The lowest BCUT2D eigenvalue weighted by atomic mass is 10.1. The molecule has 2 aliphatic rings. The summed E-state index contributed by atoms with van der Waals surface area (Å²) in [5, 5.41) is 8.54. The van der Waals surface area contributed by atoms with Gasteiger partial charge in [0.2, 0.25) is 0 Å². The Hall–Kier alpha value is -2.43. The van der Waals surface area contributed by atoms with E-state index in [4.69, 9.17) is 0 Å². The van der Waals surface area contributed by atoms with Crippen molar-refractivity contribution in [1.29, 1.82) is 0 Å².